The first-order valence-electron chi connectivity index (χ1n) is 7.65. The van der Waals surface area contributed by atoms with E-state index in [1.54, 1.807) is 0 Å². The first-order chi connectivity index (χ1) is 9.52. The van der Waals surface area contributed by atoms with E-state index in [4.69, 9.17) is 4.74 Å². The summed E-state index contributed by atoms with van der Waals surface area (Å²) in [5.41, 5.74) is 0. The maximum absolute atomic E-state index is 12.3. The Morgan fingerprint density at radius 2 is 1.90 bits per heavy atom. The van der Waals surface area contributed by atoms with Gasteiger partial charge in [-0.3, -0.25) is 14.5 Å². The Morgan fingerprint density at radius 1 is 1.25 bits per heavy atom. The Balaban J connectivity index is 1.87. The van der Waals surface area contributed by atoms with Crippen LogP contribution in [0.5, 0.6) is 0 Å². The predicted octanol–water partition coefficient (Wildman–Crippen LogP) is 1.17. The fraction of sp³-hybridized carbons (Fsp3) is 0.867. The van der Waals surface area contributed by atoms with Crippen LogP contribution in [0.2, 0.25) is 0 Å². The lowest BCUT2D eigenvalue weighted by molar-refractivity contribution is -0.146. The molecule has 2 rings (SSSR count). The number of esters is 1. The topological polar surface area (TPSA) is 58.6 Å². The quantitative estimate of drug-likeness (QED) is 0.787. The lowest BCUT2D eigenvalue weighted by Gasteiger charge is -2.25. The molecular formula is C15H26N2O3. The van der Waals surface area contributed by atoms with Crippen molar-refractivity contribution in [3.63, 3.8) is 0 Å². The minimum atomic E-state index is -0.173. The fourth-order valence-electron chi connectivity index (χ4n) is 3.34. The number of rotatable bonds is 4. The molecule has 0 bridgehead atoms. The van der Waals surface area contributed by atoms with Crippen molar-refractivity contribution in [1.82, 2.24) is 10.2 Å². The zero-order chi connectivity index (χ0) is 14.7. The van der Waals surface area contributed by atoms with Gasteiger partial charge in [-0.05, 0) is 25.7 Å². The van der Waals surface area contributed by atoms with Crippen molar-refractivity contribution in [1.29, 1.82) is 0 Å². The highest BCUT2D eigenvalue weighted by atomic mass is 16.5. The van der Waals surface area contributed by atoms with E-state index in [-0.39, 0.29) is 29.8 Å². The average molecular weight is 282 g/mol. The molecule has 0 spiro atoms. The molecule has 0 radical (unpaired) electrons. The summed E-state index contributed by atoms with van der Waals surface area (Å²) >= 11 is 0. The van der Waals surface area contributed by atoms with E-state index in [2.05, 4.69) is 10.2 Å². The molecule has 2 aliphatic rings. The van der Waals surface area contributed by atoms with Gasteiger partial charge in [0.1, 0.15) is 0 Å². The van der Waals surface area contributed by atoms with Gasteiger partial charge < -0.3 is 10.1 Å². The number of carbonyl (C=O) groups excluding carboxylic acids is 2. The number of ether oxygens (including phenoxy) is 1. The van der Waals surface area contributed by atoms with Crippen LogP contribution in [0.4, 0.5) is 0 Å². The van der Waals surface area contributed by atoms with Gasteiger partial charge in [-0.2, -0.15) is 0 Å². The Labute approximate surface area is 121 Å². The van der Waals surface area contributed by atoms with Gasteiger partial charge in [-0.15, -0.1) is 0 Å². The summed E-state index contributed by atoms with van der Waals surface area (Å²) in [5.74, 6) is 0.0592. The molecule has 3 atom stereocenters. The van der Waals surface area contributed by atoms with E-state index in [0.29, 0.717) is 12.6 Å². The van der Waals surface area contributed by atoms with Gasteiger partial charge >= 0.3 is 5.97 Å². The third-order valence-electron chi connectivity index (χ3n) is 4.77. The van der Waals surface area contributed by atoms with Crippen molar-refractivity contribution >= 4 is 11.9 Å². The molecule has 3 unspecified atom stereocenters. The lowest BCUT2D eigenvalue weighted by atomic mass is 9.99. The number of hydrogen-bond acceptors (Lipinski definition) is 4. The maximum Gasteiger partial charge on any atom is 0.310 e. The summed E-state index contributed by atoms with van der Waals surface area (Å²) in [5, 5.41) is 3.13. The van der Waals surface area contributed by atoms with Gasteiger partial charge in [0.25, 0.3) is 0 Å². The summed E-state index contributed by atoms with van der Waals surface area (Å²) in [6.07, 6.45) is 4.62. The molecule has 1 amide bonds. The molecule has 1 aliphatic heterocycles. The van der Waals surface area contributed by atoms with Crippen molar-refractivity contribution in [2.24, 2.45) is 11.8 Å². The van der Waals surface area contributed by atoms with Crippen LogP contribution in [0.25, 0.3) is 0 Å². The van der Waals surface area contributed by atoms with Gasteiger partial charge in [0, 0.05) is 19.1 Å². The number of amides is 1. The number of likely N-dealkylation sites (tertiary alicyclic amines) is 1. The molecule has 1 aliphatic carbocycles. The second kappa shape index (κ2) is 6.57. The van der Waals surface area contributed by atoms with Crippen LogP contribution in [0.3, 0.4) is 0 Å². The molecule has 2 fully saturated rings. The van der Waals surface area contributed by atoms with Gasteiger partial charge in [0.05, 0.1) is 19.1 Å². The summed E-state index contributed by atoms with van der Waals surface area (Å²) in [6.45, 7) is 5.37. The smallest absolute Gasteiger partial charge is 0.310 e. The third kappa shape index (κ3) is 3.32. The molecule has 1 N–H and O–H groups in total. The van der Waals surface area contributed by atoms with E-state index < -0.39 is 0 Å². The zero-order valence-corrected chi connectivity index (χ0v) is 12.7. The van der Waals surface area contributed by atoms with Gasteiger partial charge in [0.15, 0.2) is 0 Å². The Bertz CT molecular complexity index is 366. The maximum atomic E-state index is 12.3. The standard InChI is InChI=1S/C15H26N2O3/c1-10-8-17(9-13(10)15(19)20-3)11(2)14(18)16-12-6-4-5-7-12/h10-13H,4-9H2,1-3H3,(H,16,18). The van der Waals surface area contributed by atoms with E-state index in [1.807, 2.05) is 13.8 Å². The molecule has 114 valence electrons. The van der Waals surface area contributed by atoms with Gasteiger partial charge in [0.2, 0.25) is 5.91 Å². The first kappa shape index (κ1) is 15.3. The van der Waals surface area contributed by atoms with Crippen molar-refractivity contribution in [3.05, 3.63) is 0 Å². The second-order valence-electron chi connectivity index (χ2n) is 6.23. The van der Waals surface area contributed by atoms with Crippen LogP contribution in [0.1, 0.15) is 39.5 Å². The van der Waals surface area contributed by atoms with E-state index in [0.717, 1.165) is 19.4 Å². The first-order valence-corrected chi connectivity index (χ1v) is 7.65. The summed E-state index contributed by atoms with van der Waals surface area (Å²) in [7, 11) is 1.42. The molecule has 20 heavy (non-hydrogen) atoms. The van der Waals surface area contributed by atoms with Crippen LogP contribution < -0.4 is 5.32 Å². The van der Waals surface area contributed by atoms with Crippen LogP contribution in [-0.2, 0) is 14.3 Å². The summed E-state index contributed by atoms with van der Waals surface area (Å²) in [6, 6.07) is 0.175. The van der Waals surface area contributed by atoms with E-state index in [9.17, 15) is 9.59 Å². The van der Waals surface area contributed by atoms with E-state index >= 15 is 0 Å². The molecule has 1 heterocycles. The lowest BCUT2D eigenvalue weighted by Crippen LogP contribution is -2.47. The molecule has 5 nitrogen and oxygen atoms in total. The molecule has 0 aromatic carbocycles. The van der Waals surface area contributed by atoms with Crippen molar-refractivity contribution in [2.45, 2.75) is 51.6 Å². The predicted molar refractivity (Wildman–Crippen MR) is 76.1 cm³/mol. The Morgan fingerprint density at radius 3 is 2.50 bits per heavy atom. The average Bonchev–Trinajstić information content (AvgIpc) is 3.06. The number of nitrogens with one attached hydrogen (secondary N) is 1. The molecule has 0 aromatic rings. The van der Waals surface area contributed by atoms with Crippen molar-refractivity contribution in [2.75, 3.05) is 20.2 Å². The molecule has 1 saturated carbocycles. The van der Waals surface area contributed by atoms with Crippen molar-refractivity contribution < 1.29 is 14.3 Å². The van der Waals surface area contributed by atoms with Gasteiger partial charge in [-0.25, -0.2) is 0 Å². The number of carbonyl (C=O) groups is 2. The highest BCUT2D eigenvalue weighted by Crippen LogP contribution is 2.26. The third-order valence-corrected chi connectivity index (χ3v) is 4.77. The SMILES string of the molecule is COC(=O)C1CN(C(C)C(=O)NC2CCCC2)CC1C. The fourth-order valence-corrected chi connectivity index (χ4v) is 3.34. The highest BCUT2D eigenvalue weighted by molar-refractivity contribution is 5.82. The van der Waals surface area contributed by atoms with Crippen molar-refractivity contribution in [3.8, 4) is 0 Å². The minimum absolute atomic E-state index is 0.0922. The van der Waals surface area contributed by atoms with Gasteiger partial charge in [-0.1, -0.05) is 19.8 Å². The zero-order valence-electron chi connectivity index (χ0n) is 12.7. The largest absolute Gasteiger partial charge is 0.469 e. The van der Waals surface area contributed by atoms with Crippen LogP contribution in [-0.4, -0.2) is 49.1 Å². The minimum Gasteiger partial charge on any atom is -0.469 e. The normalized spacial score (nSPS) is 29.4. The Hall–Kier alpha value is -1.10. The monoisotopic (exact) mass is 282 g/mol. The van der Waals surface area contributed by atoms with Crippen LogP contribution >= 0.6 is 0 Å². The molecule has 5 heteroatoms. The number of nitrogens with zero attached hydrogens (tertiary/aromatic N) is 1. The summed E-state index contributed by atoms with van der Waals surface area (Å²) in [4.78, 5) is 26.1. The number of methoxy groups -OCH3 is 1. The molecule has 0 aromatic heterocycles. The van der Waals surface area contributed by atoms with Crippen LogP contribution in [0.15, 0.2) is 0 Å². The Kier molecular flexibility index (Phi) is 5.02. The molecular weight excluding hydrogens is 256 g/mol. The molecule has 1 saturated heterocycles. The second-order valence-corrected chi connectivity index (χ2v) is 6.23. The highest BCUT2D eigenvalue weighted by Gasteiger charge is 2.39. The summed E-state index contributed by atoms with van der Waals surface area (Å²) < 4.78 is 4.83. The van der Waals surface area contributed by atoms with E-state index in [1.165, 1.54) is 20.0 Å². The number of hydrogen-bond donors (Lipinski definition) is 1. The van der Waals surface area contributed by atoms with Crippen LogP contribution in [0, 0.1) is 11.8 Å².